The minimum Gasteiger partial charge on any atom is -0.295 e. The average molecular weight is 229 g/mol. The Kier molecular flexibility index (Phi) is 3.32. The Morgan fingerprint density at radius 2 is 2.12 bits per heavy atom. The number of hydrogen-bond acceptors (Lipinski definition) is 4. The second kappa shape index (κ2) is 4.91. The van der Waals surface area contributed by atoms with Gasteiger partial charge >= 0.3 is 0 Å². The predicted octanol–water partition coefficient (Wildman–Crippen LogP) is 1.98. The van der Waals surface area contributed by atoms with E-state index in [-0.39, 0.29) is 17.7 Å². The van der Waals surface area contributed by atoms with Crippen molar-refractivity contribution in [2.45, 2.75) is 25.8 Å². The second-order valence-electron chi connectivity index (χ2n) is 4.10. The van der Waals surface area contributed by atoms with Crippen molar-refractivity contribution in [2.24, 2.45) is 10.1 Å². The minimum absolute atomic E-state index is 0.0290. The zero-order valence-corrected chi connectivity index (χ0v) is 9.92. The van der Waals surface area contributed by atoms with E-state index >= 15 is 0 Å². The van der Waals surface area contributed by atoms with Crippen molar-refractivity contribution in [3.8, 4) is 0 Å². The van der Waals surface area contributed by atoms with Crippen LogP contribution in [0.4, 0.5) is 0 Å². The van der Waals surface area contributed by atoms with Gasteiger partial charge in [-0.1, -0.05) is 24.3 Å². The monoisotopic (exact) mass is 229 g/mol. The van der Waals surface area contributed by atoms with Gasteiger partial charge in [0.1, 0.15) is 6.34 Å². The number of carbonyl (C=O) groups excluding carboxylic acids is 1. The molecule has 88 valence electrons. The van der Waals surface area contributed by atoms with Gasteiger partial charge in [-0.15, -0.1) is 0 Å². The van der Waals surface area contributed by atoms with Crippen LogP contribution in [0.15, 0.2) is 34.4 Å². The van der Waals surface area contributed by atoms with Crippen LogP contribution < -0.4 is 5.43 Å². The van der Waals surface area contributed by atoms with E-state index in [0.29, 0.717) is 0 Å². The Bertz CT molecular complexity index is 479. The van der Waals surface area contributed by atoms with Gasteiger partial charge in [-0.25, -0.2) is 0 Å². The van der Waals surface area contributed by atoms with Crippen LogP contribution in [-0.2, 0) is 0 Å². The number of rotatable bonds is 2. The lowest BCUT2D eigenvalue weighted by Crippen LogP contribution is -2.16. The zero-order valence-electron chi connectivity index (χ0n) is 9.92. The number of hydrogen-bond donors (Lipinski definition) is 1. The summed E-state index contributed by atoms with van der Waals surface area (Å²) < 4.78 is 0. The van der Waals surface area contributed by atoms with Crippen LogP contribution in [0.3, 0.4) is 0 Å². The SMILES string of the molecule is CC(=O)c1ccccc1C1C=NNC=NC1C. The molecule has 0 saturated heterocycles. The molecule has 1 heterocycles. The summed E-state index contributed by atoms with van der Waals surface area (Å²) in [5, 5.41) is 4.04. The van der Waals surface area contributed by atoms with Gasteiger partial charge in [0.15, 0.2) is 5.78 Å². The molecule has 1 aromatic rings. The van der Waals surface area contributed by atoms with Crippen LogP contribution in [0, 0.1) is 0 Å². The highest BCUT2D eigenvalue weighted by Gasteiger charge is 2.21. The smallest absolute Gasteiger partial charge is 0.160 e. The van der Waals surface area contributed by atoms with Crippen LogP contribution in [0.2, 0.25) is 0 Å². The fourth-order valence-electron chi connectivity index (χ4n) is 1.97. The lowest BCUT2D eigenvalue weighted by molar-refractivity contribution is 0.101. The number of ketones is 1. The molecular formula is C13H15N3O. The fraction of sp³-hybridized carbons (Fsp3) is 0.308. The van der Waals surface area contributed by atoms with E-state index in [1.807, 2.05) is 31.2 Å². The third-order valence-corrected chi connectivity index (χ3v) is 2.90. The van der Waals surface area contributed by atoms with E-state index in [0.717, 1.165) is 11.1 Å². The molecule has 4 nitrogen and oxygen atoms in total. The van der Waals surface area contributed by atoms with Crippen molar-refractivity contribution in [3.05, 3.63) is 35.4 Å². The minimum atomic E-state index is 0.0290. The summed E-state index contributed by atoms with van der Waals surface area (Å²) in [5.41, 5.74) is 4.45. The summed E-state index contributed by atoms with van der Waals surface area (Å²) >= 11 is 0. The van der Waals surface area contributed by atoms with Crippen molar-refractivity contribution in [1.29, 1.82) is 0 Å². The van der Waals surface area contributed by atoms with Gasteiger partial charge in [-0.3, -0.25) is 15.2 Å². The topological polar surface area (TPSA) is 53.8 Å². The molecule has 1 aromatic carbocycles. The van der Waals surface area contributed by atoms with Gasteiger partial charge in [-0.2, -0.15) is 5.10 Å². The molecule has 1 N–H and O–H groups in total. The predicted molar refractivity (Wildman–Crippen MR) is 68.8 cm³/mol. The molecule has 2 rings (SSSR count). The summed E-state index contributed by atoms with van der Waals surface area (Å²) in [5.74, 6) is 0.101. The molecule has 0 bridgehead atoms. The van der Waals surface area contributed by atoms with Gasteiger partial charge < -0.3 is 0 Å². The zero-order chi connectivity index (χ0) is 12.3. The van der Waals surface area contributed by atoms with Gasteiger partial charge in [0, 0.05) is 17.7 Å². The molecule has 1 aliphatic rings. The number of benzene rings is 1. The van der Waals surface area contributed by atoms with Crippen molar-refractivity contribution < 1.29 is 4.79 Å². The number of hydrazone groups is 1. The maximum Gasteiger partial charge on any atom is 0.160 e. The van der Waals surface area contributed by atoms with Crippen molar-refractivity contribution in [1.82, 2.24) is 5.43 Å². The van der Waals surface area contributed by atoms with Gasteiger partial charge in [0.2, 0.25) is 0 Å². The van der Waals surface area contributed by atoms with Crippen molar-refractivity contribution in [2.75, 3.05) is 0 Å². The first-order chi connectivity index (χ1) is 8.20. The first-order valence-corrected chi connectivity index (χ1v) is 5.60. The number of nitrogens with zero attached hydrogens (tertiary/aromatic N) is 2. The Labute approximate surface area is 100 Å². The van der Waals surface area contributed by atoms with E-state index in [9.17, 15) is 4.79 Å². The molecule has 0 amide bonds. The van der Waals surface area contributed by atoms with E-state index in [1.54, 1.807) is 19.5 Å². The first kappa shape index (κ1) is 11.5. The van der Waals surface area contributed by atoms with Crippen molar-refractivity contribution in [3.63, 3.8) is 0 Å². The van der Waals surface area contributed by atoms with Crippen LogP contribution in [0.5, 0.6) is 0 Å². The Balaban J connectivity index is 2.45. The second-order valence-corrected chi connectivity index (χ2v) is 4.10. The van der Waals surface area contributed by atoms with Gasteiger partial charge in [0.05, 0.1) is 6.04 Å². The molecule has 0 spiro atoms. The van der Waals surface area contributed by atoms with Gasteiger partial charge in [0.25, 0.3) is 0 Å². The van der Waals surface area contributed by atoms with Gasteiger partial charge in [-0.05, 0) is 19.4 Å². The van der Waals surface area contributed by atoms with E-state index in [4.69, 9.17) is 0 Å². The fourth-order valence-corrected chi connectivity index (χ4v) is 1.97. The van der Waals surface area contributed by atoms with E-state index in [2.05, 4.69) is 15.5 Å². The highest BCUT2D eigenvalue weighted by Crippen LogP contribution is 2.24. The number of nitrogens with one attached hydrogen (secondary N) is 1. The third kappa shape index (κ3) is 2.41. The molecule has 2 unspecified atom stereocenters. The highest BCUT2D eigenvalue weighted by atomic mass is 16.1. The van der Waals surface area contributed by atoms with Crippen LogP contribution in [0.1, 0.15) is 35.7 Å². The summed E-state index contributed by atoms with van der Waals surface area (Å²) in [7, 11) is 0. The maximum atomic E-state index is 11.6. The van der Waals surface area contributed by atoms with Crippen LogP contribution >= 0.6 is 0 Å². The maximum absolute atomic E-state index is 11.6. The van der Waals surface area contributed by atoms with Crippen LogP contribution in [0.25, 0.3) is 0 Å². The van der Waals surface area contributed by atoms with E-state index in [1.165, 1.54) is 0 Å². The highest BCUT2D eigenvalue weighted by molar-refractivity contribution is 5.97. The number of carbonyl (C=O) groups is 1. The molecular weight excluding hydrogens is 214 g/mol. The average Bonchev–Trinajstić information content (AvgIpc) is 2.54. The molecule has 1 aliphatic heterocycles. The third-order valence-electron chi connectivity index (χ3n) is 2.90. The first-order valence-electron chi connectivity index (χ1n) is 5.60. The molecule has 4 heteroatoms. The largest absolute Gasteiger partial charge is 0.295 e. The normalized spacial score (nSPS) is 22.9. The molecule has 17 heavy (non-hydrogen) atoms. The van der Waals surface area contributed by atoms with Crippen molar-refractivity contribution >= 4 is 18.3 Å². The Hall–Kier alpha value is -1.97. The lowest BCUT2D eigenvalue weighted by Gasteiger charge is -2.18. The lowest BCUT2D eigenvalue weighted by atomic mass is 9.89. The summed E-state index contributed by atoms with van der Waals surface area (Å²) in [6.07, 6.45) is 3.39. The number of aliphatic imine (C=N–C) groups is 1. The Morgan fingerprint density at radius 1 is 1.35 bits per heavy atom. The molecule has 0 radical (unpaired) electrons. The molecule has 0 aliphatic carbocycles. The van der Waals surface area contributed by atoms with Crippen LogP contribution in [-0.4, -0.2) is 24.4 Å². The molecule has 2 atom stereocenters. The summed E-state index contributed by atoms with van der Waals surface area (Å²) in [4.78, 5) is 15.9. The molecule has 0 aromatic heterocycles. The summed E-state index contributed by atoms with van der Waals surface area (Å²) in [6, 6.07) is 7.68. The quantitative estimate of drug-likeness (QED) is 0.788. The molecule has 0 fully saturated rings. The number of Topliss-reactive ketones (excluding diaryl/α,β-unsaturated/α-hetero) is 1. The van der Waals surface area contributed by atoms with E-state index < -0.39 is 0 Å². The summed E-state index contributed by atoms with van der Waals surface area (Å²) in [6.45, 7) is 3.59. The standard InChI is InChI=1S/C13H15N3O/c1-9-13(7-15-16-8-14-9)12-6-4-3-5-11(12)10(2)17/h3-9,13H,1-2H3,(H,14,16). The Morgan fingerprint density at radius 3 is 2.88 bits per heavy atom. The molecule has 0 saturated carbocycles.